The molecule has 0 unspecified atom stereocenters. The van der Waals surface area contributed by atoms with Gasteiger partial charge < -0.3 is 9.84 Å². The molecule has 2 rings (SSSR count). The van der Waals surface area contributed by atoms with E-state index in [1.54, 1.807) is 6.07 Å². The van der Waals surface area contributed by atoms with Crippen LogP contribution in [0.25, 0.3) is 0 Å². The van der Waals surface area contributed by atoms with Gasteiger partial charge in [0.25, 0.3) is 0 Å². The van der Waals surface area contributed by atoms with Crippen molar-refractivity contribution in [3.8, 4) is 5.75 Å². The molecule has 2 aromatic rings. The molecule has 92 valence electrons. The van der Waals surface area contributed by atoms with Crippen molar-refractivity contribution >= 4 is 21.9 Å². The molecule has 0 aromatic heterocycles. The molecule has 0 fully saturated rings. The van der Waals surface area contributed by atoms with Crippen LogP contribution in [0.5, 0.6) is 5.75 Å². The largest absolute Gasteiger partial charge is 0.489 e. The van der Waals surface area contributed by atoms with Crippen molar-refractivity contribution in [3.63, 3.8) is 0 Å². The summed E-state index contributed by atoms with van der Waals surface area (Å²) in [6.07, 6.45) is 0. The van der Waals surface area contributed by atoms with E-state index in [-0.39, 0.29) is 5.56 Å². The van der Waals surface area contributed by atoms with E-state index in [1.165, 1.54) is 12.1 Å². The summed E-state index contributed by atoms with van der Waals surface area (Å²) in [5.74, 6) is -0.438. The second kappa shape index (κ2) is 5.69. The molecule has 0 amide bonds. The fraction of sp³-hybridized carbons (Fsp3) is 0.0714. The van der Waals surface area contributed by atoms with Gasteiger partial charge in [0, 0.05) is 4.47 Å². The van der Waals surface area contributed by atoms with E-state index >= 15 is 0 Å². The molecule has 0 atom stereocenters. The molecule has 3 nitrogen and oxygen atoms in total. The highest BCUT2D eigenvalue weighted by Crippen LogP contribution is 2.22. The van der Waals surface area contributed by atoms with Crippen molar-refractivity contribution in [2.45, 2.75) is 6.61 Å². The van der Waals surface area contributed by atoms with Crippen LogP contribution in [0.4, 0.5) is 0 Å². The van der Waals surface area contributed by atoms with Crippen LogP contribution in [-0.2, 0) is 6.61 Å². The van der Waals surface area contributed by atoms with E-state index in [0.29, 0.717) is 16.8 Å². The third-order valence-electron chi connectivity index (χ3n) is 2.37. The average Bonchev–Trinajstić information content (AvgIpc) is 2.37. The Morgan fingerprint density at radius 3 is 2.56 bits per heavy atom. The Kier molecular flexibility index (Phi) is 3.99. The van der Waals surface area contributed by atoms with Crippen LogP contribution in [0.1, 0.15) is 15.9 Å². The highest BCUT2D eigenvalue weighted by atomic mass is 79.9. The van der Waals surface area contributed by atoms with Crippen LogP contribution in [0, 0.1) is 0 Å². The lowest BCUT2D eigenvalue weighted by Gasteiger charge is -2.07. The van der Waals surface area contributed by atoms with Gasteiger partial charge in [0.05, 0.1) is 5.56 Å². The predicted molar refractivity (Wildman–Crippen MR) is 71.9 cm³/mol. The molecule has 18 heavy (non-hydrogen) atoms. The first-order chi connectivity index (χ1) is 8.65. The standard InChI is InChI=1S/C14H11BrO3/c15-12-6-11(14(16)17)7-13(8-12)18-9-10-4-2-1-3-5-10/h1-8H,9H2,(H,16,17). The van der Waals surface area contributed by atoms with Crippen molar-refractivity contribution in [1.29, 1.82) is 0 Å². The SMILES string of the molecule is O=C(O)c1cc(Br)cc(OCc2ccccc2)c1. The second-order valence-electron chi connectivity index (χ2n) is 3.76. The zero-order valence-corrected chi connectivity index (χ0v) is 11.1. The maximum atomic E-state index is 10.9. The first-order valence-corrected chi connectivity index (χ1v) is 6.15. The van der Waals surface area contributed by atoms with Gasteiger partial charge in [0.1, 0.15) is 12.4 Å². The number of hydrogen-bond donors (Lipinski definition) is 1. The number of carbonyl (C=O) groups is 1. The Bertz CT molecular complexity index is 552. The van der Waals surface area contributed by atoms with Crippen LogP contribution in [-0.4, -0.2) is 11.1 Å². The smallest absolute Gasteiger partial charge is 0.335 e. The summed E-state index contributed by atoms with van der Waals surface area (Å²) in [5, 5.41) is 8.94. The fourth-order valence-electron chi connectivity index (χ4n) is 1.51. The molecule has 0 bridgehead atoms. The van der Waals surface area contributed by atoms with E-state index in [1.807, 2.05) is 30.3 Å². The molecule has 0 spiro atoms. The van der Waals surface area contributed by atoms with Gasteiger partial charge in [-0.25, -0.2) is 4.79 Å². The van der Waals surface area contributed by atoms with Gasteiger partial charge in [-0.3, -0.25) is 0 Å². The first-order valence-electron chi connectivity index (χ1n) is 5.36. The molecular formula is C14H11BrO3. The highest BCUT2D eigenvalue weighted by Gasteiger charge is 2.06. The summed E-state index contributed by atoms with van der Waals surface area (Å²) < 4.78 is 6.26. The third kappa shape index (κ3) is 3.34. The zero-order valence-electron chi connectivity index (χ0n) is 9.47. The molecule has 2 aromatic carbocycles. The normalized spacial score (nSPS) is 10.1. The van der Waals surface area contributed by atoms with Crippen LogP contribution in [0.2, 0.25) is 0 Å². The summed E-state index contributed by atoms with van der Waals surface area (Å²) in [7, 11) is 0. The number of carboxylic acids is 1. The summed E-state index contributed by atoms with van der Waals surface area (Å²) in [4.78, 5) is 10.9. The van der Waals surface area contributed by atoms with Crippen molar-refractivity contribution < 1.29 is 14.6 Å². The Morgan fingerprint density at radius 1 is 1.17 bits per heavy atom. The van der Waals surface area contributed by atoms with Gasteiger partial charge >= 0.3 is 5.97 Å². The molecule has 0 aliphatic heterocycles. The molecule has 0 saturated heterocycles. The summed E-state index contributed by atoms with van der Waals surface area (Å²) in [6, 6.07) is 14.5. The zero-order chi connectivity index (χ0) is 13.0. The van der Waals surface area contributed by atoms with E-state index < -0.39 is 5.97 Å². The van der Waals surface area contributed by atoms with E-state index in [2.05, 4.69) is 15.9 Å². The third-order valence-corrected chi connectivity index (χ3v) is 2.82. The lowest BCUT2D eigenvalue weighted by atomic mass is 10.2. The minimum absolute atomic E-state index is 0.201. The van der Waals surface area contributed by atoms with Crippen LogP contribution in [0.3, 0.4) is 0 Å². The number of aromatic carboxylic acids is 1. The van der Waals surface area contributed by atoms with E-state index in [0.717, 1.165) is 5.56 Å². The highest BCUT2D eigenvalue weighted by molar-refractivity contribution is 9.10. The lowest BCUT2D eigenvalue weighted by molar-refractivity contribution is 0.0696. The number of ether oxygens (including phenoxy) is 1. The van der Waals surface area contributed by atoms with Crippen LogP contribution >= 0.6 is 15.9 Å². The van der Waals surface area contributed by atoms with Gasteiger partial charge in [-0.1, -0.05) is 46.3 Å². The predicted octanol–water partition coefficient (Wildman–Crippen LogP) is 3.73. The van der Waals surface area contributed by atoms with Crippen molar-refractivity contribution in [2.24, 2.45) is 0 Å². The molecule has 4 heteroatoms. The van der Waals surface area contributed by atoms with Crippen LogP contribution < -0.4 is 4.74 Å². The molecule has 0 aliphatic rings. The van der Waals surface area contributed by atoms with Gasteiger partial charge in [0.2, 0.25) is 0 Å². The average molecular weight is 307 g/mol. The number of carboxylic acid groups (broad SMARTS) is 1. The summed E-state index contributed by atoms with van der Waals surface area (Å²) in [5.41, 5.74) is 1.24. The Balaban J connectivity index is 2.12. The second-order valence-corrected chi connectivity index (χ2v) is 4.67. The Hall–Kier alpha value is -1.81. The molecule has 0 aliphatic carbocycles. The number of rotatable bonds is 4. The number of hydrogen-bond acceptors (Lipinski definition) is 2. The fourth-order valence-corrected chi connectivity index (χ4v) is 1.98. The molecule has 0 heterocycles. The molecule has 0 saturated carbocycles. The van der Waals surface area contributed by atoms with Gasteiger partial charge in [0.15, 0.2) is 0 Å². The summed E-state index contributed by atoms with van der Waals surface area (Å²) in [6.45, 7) is 0.413. The van der Waals surface area contributed by atoms with Gasteiger partial charge in [-0.05, 0) is 23.8 Å². The Labute approximate surface area is 113 Å². The lowest BCUT2D eigenvalue weighted by Crippen LogP contribution is -1.99. The van der Waals surface area contributed by atoms with E-state index in [4.69, 9.17) is 9.84 Å². The Morgan fingerprint density at radius 2 is 1.89 bits per heavy atom. The topological polar surface area (TPSA) is 46.5 Å². The molecule has 1 N–H and O–H groups in total. The maximum absolute atomic E-state index is 10.9. The van der Waals surface area contributed by atoms with E-state index in [9.17, 15) is 4.79 Å². The first kappa shape index (κ1) is 12.6. The number of benzene rings is 2. The monoisotopic (exact) mass is 306 g/mol. The minimum atomic E-state index is -0.971. The number of halogens is 1. The van der Waals surface area contributed by atoms with Crippen molar-refractivity contribution in [2.75, 3.05) is 0 Å². The van der Waals surface area contributed by atoms with Crippen LogP contribution in [0.15, 0.2) is 53.0 Å². The molecular weight excluding hydrogens is 296 g/mol. The van der Waals surface area contributed by atoms with Gasteiger partial charge in [-0.15, -0.1) is 0 Å². The quantitative estimate of drug-likeness (QED) is 0.936. The van der Waals surface area contributed by atoms with Gasteiger partial charge in [-0.2, -0.15) is 0 Å². The molecule has 0 radical (unpaired) electrons. The van der Waals surface area contributed by atoms with Crippen molar-refractivity contribution in [3.05, 3.63) is 64.1 Å². The maximum Gasteiger partial charge on any atom is 0.335 e. The van der Waals surface area contributed by atoms with Crippen molar-refractivity contribution in [1.82, 2.24) is 0 Å². The summed E-state index contributed by atoms with van der Waals surface area (Å²) >= 11 is 3.26. The minimum Gasteiger partial charge on any atom is -0.489 e.